The van der Waals surface area contributed by atoms with Gasteiger partial charge in [0.2, 0.25) is 5.91 Å². The standard InChI is InChI=1S/C24H29F2N11O9P2S2/c25-13-17-10(43-23(13)36-8-33-15-19(28)29-6-31-21(15)36)4-41-48(40,50)46-18-11(5-42-47(39,49)45-17)44-24(14(18)26)37-9-34-16-20(30-7-32-22(16)37)35-12(38)2-1-3-27/h6-11,13-14,17-18,23-24H,1-5,27H2,(H,39,49)(H,40,50)(H2,28,29,31)(H,30,32,35,38)/t10-,11-,13-,14-,17?,18?,23-,24-,47-,48-/m1/s1. The fraction of sp³-hybridized carbons (Fsp3) is 0.542. The van der Waals surface area contributed by atoms with Gasteiger partial charge in [0.05, 0.1) is 25.9 Å². The van der Waals surface area contributed by atoms with E-state index in [9.17, 15) is 13.9 Å². The number of aromatic nitrogens is 8. The Morgan fingerprint density at radius 1 is 0.860 bits per heavy atom. The molecule has 270 valence electrons. The van der Waals surface area contributed by atoms with Crippen molar-refractivity contribution >= 4 is 78.0 Å². The molecule has 5 N–H and O–H groups in total. The number of amides is 1. The molecular weight excluding hydrogens is 750 g/mol. The Balaban J connectivity index is 1.13. The molecule has 0 aliphatic carbocycles. The number of carbonyl (C=O) groups is 1. The summed E-state index contributed by atoms with van der Waals surface area (Å²) < 4.78 is 95.3. The molecule has 4 aromatic rings. The van der Waals surface area contributed by atoms with Crippen LogP contribution in [0.5, 0.6) is 0 Å². The molecule has 50 heavy (non-hydrogen) atoms. The molecule has 0 saturated carbocycles. The number of fused-ring (bicyclic) bond motifs is 4. The maximum Gasteiger partial charge on any atom is 0.386 e. The Morgan fingerprint density at radius 3 is 1.94 bits per heavy atom. The lowest BCUT2D eigenvalue weighted by Crippen LogP contribution is -2.36. The van der Waals surface area contributed by atoms with Crippen molar-refractivity contribution in [2.75, 3.05) is 30.8 Å². The topological polar surface area (TPSA) is 258 Å². The van der Waals surface area contributed by atoms with E-state index in [0.29, 0.717) is 13.0 Å². The summed E-state index contributed by atoms with van der Waals surface area (Å²) in [6.45, 7) is -9.95. The number of nitrogens with one attached hydrogen (secondary N) is 1. The SMILES string of the molecule is NCCCC(=O)Nc1ncnc2c1ncn2[C@@H]1O[C@@H]2CO[P@@](=O)(S)OC3[C@@H](F)[C@H](n4cnc5c(N)ncnc54)O[C@@H]3CO[P@@](=O)(S)OC2[C@H]1F. The summed E-state index contributed by atoms with van der Waals surface area (Å²) in [6, 6.07) is 0. The van der Waals surface area contributed by atoms with Gasteiger partial charge in [-0.05, 0) is 13.0 Å². The first-order valence-electron chi connectivity index (χ1n) is 14.9. The fourth-order valence-electron chi connectivity index (χ4n) is 5.70. The predicted molar refractivity (Wildman–Crippen MR) is 174 cm³/mol. The number of nitrogens with two attached hydrogens (primary N) is 2. The Kier molecular flexibility index (Phi) is 9.88. The Hall–Kier alpha value is -2.89. The molecule has 10 atom stereocenters. The van der Waals surface area contributed by atoms with Crippen LogP contribution in [-0.2, 0) is 41.5 Å². The van der Waals surface area contributed by atoms with E-state index >= 15 is 8.78 Å². The van der Waals surface area contributed by atoms with Crippen LogP contribution in [0.2, 0.25) is 0 Å². The van der Waals surface area contributed by atoms with Crippen LogP contribution >= 0.6 is 38.1 Å². The molecule has 2 unspecified atom stereocenters. The van der Waals surface area contributed by atoms with Gasteiger partial charge in [0, 0.05) is 6.42 Å². The van der Waals surface area contributed by atoms with E-state index in [4.69, 9.17) is 39.0 Å². The molecule has 4 aromatic heterocycles. The number of imidazole rings is 2. The quantitative estimate of drug-likeness (QED) is 0.139. The van der Waals surface area contributed by atoms with Crippen LogP contribution < -0.4 is 16.8 Å². The molecule has 7 rings (SSSR count). The summed E-state index contributed by atoms with van der Waals surface area (Å²) >= 11 is 8.03. The van der Waals surface area contributed by atoms with Crippen molar-refractivity contribution < 1.29 is 50.3 Å². The highest BCUT2D eigenvalue weighted by atomic mass is 32.7. The molecule has 26 heteroatoms. The van der Waals surface area contributed by atoms with E-state index in [-0.39, 0.29) is 46.3 Å². The number of thiol groups is 2. The van der Waals surface area contributed by atoms with E-state index in [0.717, 1.165) is 12.7 Å². The van der Waals surface area contributed by atoms with Gasteiger partial charge in [-0.1, -0.05) is 24.5 Å². The Labute approximate surface area is 290 Å². The summed E-state index contributed by atoms with van der Waals surface area (Å²) in [6.07, 6.45) is -7.97. The second-order valence-electron chi connectivity index (χ2n) is 11.3. The highest BCUT2D eigenvalue weighted by molar-refractivity contribution is 8.44. The maximum atomic E-state index is 16.2. The number of anilines is 2. The second kappa shape index (κ2) is 13.9. The first kappa shape index (κ1) is 35.5. The number of halogens is 2. The second-order valence-corrected chi connectivity index (χ2v) is 17.0. The minimum absolute atomic E-state index is 0.0395. The van der Waals surface area contributed by atoms with Crippen LogP contribution in [0.1, 0.15) is 25.3 Å². The number of hydrogen-bond donors (Lipinski definition) is 5. The van der Waals surface area contributed by atoms with Crippen molar-refractivity contribution in [1.29, 1.82) is 0 Å². The Morgan fingerprint density at radius 2 is 1.38 bits per heavy atom. The van der Waals surface area contributed by atoms with E-state index < -0.39 is 76.0 Å². The molecular formula is C24H29F2N11O9P2S2. The van der Waals surface area contributed by atoms with Crippen LogP contribution in [0.4, 0.5) is 20.4 Å². The zero-order chi connectivity index (χ0) is 35.4. The van der Waals surface area contributed by atoms with Gasteiger partial charge in [-0.15, -0.1) is 0 Å². The molecule has 0 bridgehead atoms. The number of hydrogen-bond acceptors (Lipinski definition) is 17. The van der Waals surface area contributed by atoms with Gasteiger partial charge in [-0.2, -0.15) is 0 Å². The number of nitrogens with zero attached hydrogens (tertiary/aromatic N) is 8. The van der Waals surface area contributed by atoms with Gasteiger partial charge < -0.3 is 26.3 Å². The van der Waals surface area contributed by atoms with Crippen LogP contribution in [0.15, 0.2) is 25.3 Å². The molecule has 20 nitrogen and oxygen atoms in total. The van der Waals surface area contributed by atoms with Gasteiger partial charge in [-0.25, -0.2) is 47.8 Å². The first-order valence-corrected chi connectivity index (χ1v) is 20.3. The van der Waals surface area contributed by atoms with Crippen molar-refractivity contribution in [3.63, 3.8) is 0 Å². The van der Waals surface area contributed by atoms with Gasteiger partial charge in [0.25, 0.3) is 0 Å². The van der Waals surface area contributed by atoms with Crippen molar-refractivity contribution in [3.8, 4) is 0 Å². The van der Waals surface area contributed by atoms with Gasteiger partial charge in [0.15, 0.2) is 53.2 Å². The summed E-state index contributed by atoms with van der Waals surface area (Å²) in [7, 11) is 0. The molecule has 3 aliphatic rings. The molecule has 0 spiro atoms. The third-order valence-corrected chi connectivity index (χ3v) is 11.2. The zero-order valence-electron chi connectivity index (χ0n) is 25.4. The van der Waals surface area contributed by atoms with E-state index in [2.05, 4.69) is 59.7 Å². The van der Waals surface area contributed by atoms with Crippen LogP contribution in [0.25, 0.3) is 22.3 Å². The lowest BCUT2D eigenvalue weighted by Gasteiger charge is -2.28. The number of ether oxygens (including phenoxy) is 2. The number of nitrogen functional groups attached to an aromatic ring is 1. The molecule has 1 amide bonds. The van der Waals surface area contributed by atoms with Crippen LogP contribution in [0, 0.1) is 0 Å². The minimum atomic E-state index is -4.45. The average molecular weight is 780 g/mol. The lowest BCUT2D eigenvalue weighted by atomic mass is 10.1. The van der Waals surface area contributed by atoms with E-state index in [1.807, 2.05) is 0 Å². The van der Waals surface area contributed by atoms with Gasteiger partial charge >= 0.3 is 13.6 Å². The molecule has 3 saturated heterocycles. The van der Waals surface area contributed by atoms with Crippen molar-refractivity contribution in [2.45, 2.75) is 62.1 Å². The zero-order valence-corrected chi connectivity index (χ0v) is 29.0. The summed E-state index contributed by atoms with van der Waals surface area (Å²) in [5, 5.41) is 2.62. The third kappa shape index (κ3) is 6.86. The summed E-state index contributed by atoms with van der Waals surface area (Å²) in [4.78, 5) is 36.8. The Bertz CT molecular complexity index is 2010. The van der Waals surface area contributed by atoms with Crippen LogP contribution in [-0.4, -0.2) is 101 Å². The van der Waals surface area contributed by atoms with Gasteiger partial charge in [-0.3, -0.25) is 32.0 Å². The highest BCUT2D eigenvalue weighted by Crippen LogP contribution is 2.60. The molecule has 0 aromatic carbocycles. The lowest BCUT2D eigenvalue weighted by molar-refractivity contribution is -0.116. The molecule has 3 aliphatic heterocycles. The fourth-order valence-corrected chi connectivity index (χ4v) is 8.67. The number of alkyl halides is 2. The monoisotopic (exact) mass is 779 g/mol. The van der Waals surface area contributed by atoms with Crippen molar-refractivity contribution in [3.05, 3.63) is 25.3 Å². The largest absolute Gasteiger partial charge is 0.386 e. The van der Waals surface area contributed by atoms with E-state index in [1.165, 1.54) is 21.8 Å². The van der Waals surface area contributed by atoms with Crippen molar-refractivity contribution in [1.82, 2.24) is 39.0 Å². The molecule has 0 radical (unpaired) electrons. The van der Waals surface area contributed by atoms with Gasteiger partial charge in [0.1, 0.15) is 42.6 Å². The predicted octanol–water partition coefficient (Wildman–Crippen LogP) is 2.29. The number of carbonyl (C=O) groups excluding carboxylic acids is 1. The van der Waals surface area contributed by atoms with Crippen molar-refractivity contribution in [2.24, 2.45) is 5.73 Å². The summed E-state index contributed by atoms with van der Waals surface area (Å²) in [5.74, 6) is -0.260. The molecule has 7 heterocycles. The highest BCUT2D eigenvalue weighted by Gasteiger charge is 2.54. The first-order chi connectivity index (χ1) is 23.9. The van der Waals surface area contributed by atoms with Crippen LogP contribution in [0.3, 0.4) is 0 Å². The summed E-state index contributed by atoms with van der Waals surface area (Å²) in [5.41, 5.74) is 11.8. The number of rotatable bonds is 6. The minimum Gasteiger partial charge on any atom is -0.382 e. The molecule has 3 fully saturated rings. The maximum absolute atomic E-state index is 16.2. The smallest absolute Gasteiger partial charge is 0.382 e. The average Bonchev–Trinajstić information content (AvgIpc) is 3.83. The normalized spacial score (nSPS) is 35.0. The third-order valence-electron chi connectivity index (χ3n) is 8.01. The van der Waals surface area contributed by atoms with E-state index in [1.54, 1.807) is 0 Å².